The molecule has 0 saturated carbocycles. The molecule has 110 valence electrons. The van der Waals surface area contributed by atoms with E-state index >= 15 is 0 Å². The molecule has 0 N–H and O–H groups in total. The van der Waals surface area contributed by atoms with Gasteiger partial charge in [-0.1, -0.05) is 29.8 Å². The van der Waals surface area contributed by atoms with Crippen molar-refractivity contribution >= 4 is 16.7 Å². The maximum Gasteiger partial charge on any atom is 0.142 e. The fraction of sp³-hybridized carbons (Fsp3) is 0.444. The molecule has 1 heterocycles. The minimum absolute atomic E-state index is 0.287. The fourth-order valence-electron chi connectivity index (χ4n) is 3.14. The highest BCUT2D eigenvalue weighted by Gasteiger charge is 2.15. The molecule has 1 aromatic heterocycles. The number of allylic oxidation sites excluding steroid dienone is 2. The van der Waals surface area contributed by atoms with Crippen LogP contribution < -0.4 is 0 Å². The van der Waals surface area contributed by atoms with Gasteiger partial charge in [0.2, 0.25) is 0 Å². The molecule has 2 aromatic rings. The molecule has 0 aliphatic heterocycles. The van der Waals surface area contributed by atoms with Crippen molar-refractivity contribution in [2.45, 2.75) is 52.0 Å². The van der Waals surface area contributed by atoms with Crippen LogP contribution in [0.3, 0.4) is 0 Å². The molecule has 0 amide bonds. The minimum Gasteiger partial charge on any atom is -0.299 e. The molecule has 0 atom stereocenters. The Morgan fingerprint density at radius 3 is 2.86 bits per heavy atom. The van der Waals surface area contributed by atoms with Crippen LogP contribution in [0, 0.1) is 0 Å². The first-order valence-corrected chi connectivity index (χ1v) is 7.92. The van der Waals surface area contributed by atoms with Gasteiger partial charge in [0.25, 0.3) is 0 Å². The predicted octanol–water partition coefficient (Wildman–Crippen LogP) is 4.06. The number of fused-ring (bicyclic) bond motifs is 1. The van der Waals surface area contributed by atoms with Gasteiger partial charge >= 0.3 is 0 Å². The molecule has 0 unspecified atom stereocenters. The largest absolute Gasteiger partial charge is 0.299 e. The van der Waals surface area contributed by atoms with Crippen molar-refractivity contribution < 1.29 is 4.79 Å². The van der Waals surface area contributed by atoms with Crippen LogP contribution in [0.1, 0.15) is 44.7 Å². The first-order valence-electron chi connectivity index (χ1n) is 7.92. The van der Waals surface area contributed by atoms with Crippen molar-refractivity contribution in [1.29, 1.82) is 0 Å². The summed E-state index contributed by atoms with van der Waals surface area (Å²) in [5.74, 6) is 0.287. The summed E-state index contributed by atoms with van der Waals surface area (Å²) in [7, 11) is 0. The predicted molar refractivity (Wildman–Crippen MR) is 85.3 cm³/mol. The Hall–Kier alpha value is -1.90. The van der Waals surface area contributed by atoms with Gasteiger partial charge in [0.15, 0.2) is 0 Å². The van der Waals surface area contributed by atoms with Crippen LogP contribution in [-0.4, -0.2) is 15.6 Å². The molecule has 1 aliphatic rings. The number of carbonyl (C=O) groups excluding carboxylic acids is 1. The van der Waals surface area contributed by atoms with Gasteiger partial charge in [-0.15, -0.1) is 0 Å². The summed E-state index contributed by atoms with van der Waals surface area (Å²) in [6.45, 7) is 2.91. The van der Waals surface area contributed by atoms with Crippen LogP contribution in [0.5, 0.6) is 0 Å². The van der Waals surface area contributed by atoms with E-state index in [2.05, 4.69) is 30.2 Å². The molecular formula is C18H22N2O. The van der Waals surface area contributed by atoms with Crippen LogP contribution in [0.2, 0.25) is 0 Å². The molecular weight excluding hydrogens is 260 g/mol. The molecule has 3 heteroatoms. The number of hydrogen-bond acceptors (Lipinski definition) is 2. The lowest BCUT2D eigenvalue weighted by molar-refractivity contribution is -0.117. The van der Waals surface area contributed by atoms with Gasteiger partial charge in [-0.2, -0.15) is 5.10 Å². The smallest absolute Gasteiger partial charge is 0.142 e. The van der Waals surface area contributed by atoms with Crippen LogP contribution >= 0.6 is 0 Å². The average molecular weight is 282 g/mol. The van der Waals surface area contributed by atoms with Gasteiger partial charge in [-0.3, -0.25) is 9.48 Å². The van der Waals surface area contributed by atoms with Crippen molar-refractivity contribution in [3.05, 3.63) is 41.6 Å². The van der Waals surface area contributed by atoms with Crippen molar-refractivity contribution in [2.75, 3.05) is 0 Å². The monoisotopic (exact) mass is 282 g/mol. The molecule has 3 nitrogen and oxygen atoms in total. The zero-order valence-electron chi connectivity index (χ0n) is 12.6. The van der Waals surface area contributed by atoms with Gasteiger partial charge in [0.05, 0.1) is 17.6 Å². The van der Waals surface area contributed by atoms with Crippen LogP contribution in [0.4, 0.5) is 0 Å². The Balaban J connectivity index is 1.78. The van der Waals surface area contributed by atoms with E-state index in [1.54, 1.807) is 0 Å². The van der Waals surface area contributed by atoms with E-state index in [0.717, 1.165) is 36.0 Å². The van der Waals surface area contributed by atoms with Gasteiger partial charge in [0, 0.05) is 18.4 Å². The average Bonchev–Trinajstić information content (AvgIpc) is 2.86. The van der Waals surface area contributed by atoms with Gasteiger partial charge in [0.1, 0.15) is 5.78 Å². The number of Topliss-reactive ketones (excluding diaryl/α,β-unsaturated/α-hetero) is 1. The maximum atomic E-state index is 12.3. The lowest BCUT2D eigenvalue weighted by Crippen LogP contribution is -2.07. The number of carbonyl (C=O) groups is 1. The fourth-order valence-corrected chi connectivity index (χ4v) is 3.14. The van der Waals surface area contributed by atoms with Crippen molar-refractivity contribution in [3.63, 3.8) is 0 Å². The van der Waals surface area contributed by atoms with Crippen LogP contribution in [0.25, 0.3) is 10.9 Å². The maximum absolute atomic E-state index is 12.3. The van der Waals surface area contributed by atoms with Gasteiger partial charge < -0.3 is 0 Å². The third-order valence-corrected chi connectivity index (χ3v) is 4.21. The highest BCUT2D eigenvalue weighted by molar-refractivity contribution is 5.89. The van der Waals surface area contributed by atoms with Gasteiger partial charge in [-0.25, -0.2) is 0 Å². The molecule has 0 radical (unpaired) electrons. The molecule has 0 spiro atoms. The zero-order valence-corrected chi connectivity index (χ0v) is 12.6. The summed E-state index contributed by atoms with van der Waals surface area (Å²) in [6.07, 6.45) is 8.03. The Morgan fingerprint density at radius 1 is 1.24 bits per heavy atom. The second-order valence-corrected chi connectivity index (χ2v) is 5.78. The molecule has 21 heavy (non-hydrogen) atoms. The summed E-state index contributed by atoms with van der Waals surface area (Å²) < 4.78 is 1.98. The summed E-state index contributed by atoms with van der Waals surface area (Å²) in [5, 5.41) is 5.73. The first-order chi connectivity index (χ1) is 10.3. The van der Waals surface area contributed by atoms with E-state index in [-0.39, 0.29) is 5.78 Å². The molecule has 0 saturated heterocycles. The number of aryl methyl sites for hydroxylation is 1. The van der Waals surface area contributed by atoms with E-state index in [0.29, 0.717) is 12.8 Å². The van der Waals surface area contributed by atoms with E-state index in [4.69, 9.17) is 0 Å². The van der Waals surface area contributed by atoms with E-state index in [9.17, 15) is 4.79 Å². The SMILES string of the molecule is CCn1nc(CC(=O)CC2=CCCCC2)c2ccccc21. The summed E-state index contributed by atoms with van der Waals surface area (Å²) in [5.41, 5.74) is 3.37. The molecule has 1 aliphatic carbocycles. The first kappa shape index (κ1) is 14.1. The number of hydrogen-bond donors (Lipinski definition) is 0. The number of ketones is 1. The van der Waals surface area contributed by atoms with Gasteiger partial charge in [-0.05, 0) is 38.7 Å². The van der Waals surface area contributed by atoms with E-state index in [1.807, 2.05) is 16.8 Å². The highest BCUT2D eigenvalue weighted by Crippen LogP contribution is 2.23. The van der Waals surface area contributed by atoms with E-state index in [1.165, 1.54) is 18.4 Å². The lowest BCUT2D eigenvalue weighted by Gasteiger charge is -2.11. The normalized spacial score (nSPS) is 15.2. The molecule has 3 rings (SSSR count). The minimum atomic E-state index is 0.287. The number of benzene rings is 1. The number of nitrogens with zero attached hydrogens (tertiary/aromatic N) is 2. The van der Waals surface area contributed by atoms with E-state index < -0.39 is 0 Å². The Morgan fingerprint density at radius 2 is 2.10 bits per heavy atom. The van der Waals surface area contributed by atoms with Crippen molar-refractivity contribution in [3.8, 4) is 0 Å². The molecule has 0 fully saturated rings. The quantitative estimate of drug-likeness (QED) is 0.775. The molecule has 0 bridgehead atoms. The standard InChI is InChI=1S/C18H22N2O/c1-2-20-18-11-7-6-10-16(18)17(19-20)13-15(21)12-14-8-4-3-5-9-14/h6-8,10-11H,2-5,9,12-13H2,1H3. The summed E-state index contributed by atoms with van der Waals surface area (Å²) >= 11 is 0. The van der Waals surface area contributed by atoms with Crippen molar-refractivity contribution in [1.82, 2.24) is 9.78 Å². The third-order valence-electron chi connectivity index (χ3n) is 4.21. The Labute approximate surface area is 125 Å². The lowest BCUT2D eigenvalue weighted by atomic mass is 9.94. The van der Waals surface area contributed by atoms with Crippen molar-refractivity contribution in [2.24, 2.45) is 0 Å². The second kappa shape index (κ2) is 6.25. The summed E-state index contributed by atoms with van der Waals surface area (Å²) in [4.78, 5) is 12.3. The highest BCUT2D eigenvalue weighted by atomic mass is 16.1. The zero-order chi connectivity index (χ0) is 14.7. The number of rotatable bonds is 5. The Kier molecular flexibility index (Phi) is 4.18. The van der Waals surface area contributed by atoms with Crippen LogP contribution in [-0.2, 0) is 17.8 Å². The number of aromatic nitrogens is 2. The number of para-hydroxylation sites is 1. The molecule has 1 aromatic carbocycles. The third kappa shape index (κ3) is 3.07. The topological polar surface area (TPSA) is 34.9 Å². The Bertz CT molecular complexity index is 682. The second-order valence-electron chi connectivity index (χ2n) is 5.78. The van der Waals surface area contributed by atoms with Crippen LogP contribution in [0.15, 0.2) is 35.9 Å². The summed E-state index contributed by atoms with van der Waals surface area (Å²) in [6, 6.07) is 8.18.